The molecule has 1 aliphatic heterocycles. The number of halogens is 2. The molecule has 0 aliphatic carbocycles. The Labute approximate surface area is 152 Å². The highest BCUT2D eigenvalue weighted by molar-refractivity contribution is 5.65. The fourth-order valence-electron chi connectivity index (χ4n) is 2.35. The van der Waals surface area contributed by atoms with E-state index in [-0.39, 0.29) is 12.1 Å². The molecule has 28 heavy (non-hydrogen) atoms. The van der Waals surface area contributed by atoms with Gasteiger partial charge >= 0.3 is 17.3 Å². The topological polar surface area (TPSA) is 209 Å². The van der Waals surface area contributed by atoms with E-state index < -0.39 is 74.7 Å². The molecule has 16 heteroatoms. The van der Waals surface area contributed by atoms with E-state index in [4.69, 9.17) is 5.11 Å². The molecule has 14 nitrogen and oxygen atoms in total. The SMILES string of the molecule is O=[N+]([O-])c1cc([N+](=O)[O-])c(O[C@H]2O[C@H](CO)[C@@H](O)[C@H](O)C2(F)F)c([N+](=O)[O-])c1. The Morgan fingerprint density at radius 2 is 1.57 bits per heavy atom. The lowest BCUT2D eigenvalue weighted by molar-refractivity contribution is -0.407. The van der Waals surface area contributed by atoms with Gasteiger partial charge in [0.2, 0.25) is 0 Å². The summed E-state index contributed by atoms with van der Waals surface area (Å²) in [6, 6.07) is 0.496. The van der Waals surface area contributed by atoms with Crippen LogP contribution in [0.1, 0.15) is 0 Å². The van der Waals surface area contributed by atoms with Crippen molar-refractivity contribution in [1.29, 1.82) is 0 Å². The molecule has 1 aliphatic rings. The van der Waals surface area contributed by atoms with Gasteiger partial charge < -0.3 is 24.8 Å². The van der Waals surface area contributed by atoms with Crippen molar-refractivity contribution in [3.05, 3.63) is 42.5 Å². The van der Waals surface area contributed by atoms with Crippen molar-refractivity contribution in [1.82, 2.24) is 0 Å². The summed E-state index contributed by atoms with van der Waals surface area (Å²) in [5.41, 5.74) is -3.85. The number of aliphatic hydroxyl groups is 3. The van der Waals surface area contributed by atoms with Gasteiger partial charge in [-0.25, -0.2) is 0 Å². The Bertz CT molecular complexity index is 785. The first-order valence-corrected chi connectivity index (χ1v) is 7.20. The minimum absolute atomic E-state index is 0.248. The molecule has 0 radical (unpaired) electrons. The Kier molecular flexibility index (Phi) is 5.69. The molecule has 0 amide bonds. The monoisotopic (exact) mass is 411 g/mol. The van der Waals surface area contributed by atoms with Crippen LogP contribution in [0.25, 0.3) is 0 Å². The van der Waals surface area contributed by atoms with Gasteiger partial charge in [0.1, 0.15) is 12.2 Å². The average molecular weight is 411 g/mol. The molecule has 1 aromatic carbocycles. The first-order chi connectivity index (χ1) is 12.9. The molecule has 0 saturated carbocycles. The molecule has 0 unspecified atom stereocenters. The average Bonchev–Trinajstić information content (AvgIpc) is 2.61. The highest BCUT2D eigenvalue weighted by atomic mass is 19.3. The molecule has 1 heterocycles. The normalized spacial score (nSPS) is 26.5. The zero-order valence-electron chi connectivity index (χ0n) is 13.4. The van der Waals surface area contributed by atoms with Gasteiger partial charge in [-0.05, 0) is 0 Å². The molecule has 4 atom stereocenters. The maximum Gasteiger partial charge on any atom is 0.336 e. The maximum absolute atomic E-state index is 14.2. The first-order valence-electron chi connectivity index (χ1n) is 7.20. The lowest BCUT2D eigenvalue weighted by Gasteiger charge is -2.41. The molecule has 0 bridgehead atoms. The van der Waals surface area contributed by atoms with Gasteiger partial charge in [-0.2, -0.15) is 8.78 Å². The van der Waals surface area contributed by atoms with Gasteiger partial charge in [-0.1, -0.05) is 0 Å². The van der Waals surface area contributed by atoms with E-state index in [0.717, 1.165) is 0 Å². The molecule has 0 spiro atoms. The van der Waals surface area contributed by atoms with Crippen molar-refractivity contribution in [3.63, 3.8) is 0 Å². The quantitative estimate of drug-likeness (QED) is 0.414. The van der Waals surface area contributed by atoms with E-state index >= 15 is 0 Å². The van der Waals surface area contributed by atoms with Crippen molar-refractivity contribution >= 4 is 17.1 Å². The van der Waals surface area contributed by atoms with Gasteiger partial charge in [0.25, 0.3) is 17.7 Å². The number of nitro groups is 3. The Balaban J connectivity index is 2.59. The van der Waals surface area contributed by atoms with Crippen LogP contribution in [0.15, 0.2) is 12.1 Å². The van der Waals surface area contributed by atoms with Crippen molar-refractivity contribution in [2.45, 2.75) is 30.5 Å². The third-order valence-corrected chi connectivity index (χ3v) is 3.75. The number of non-ortho nitro benzene ring substituents is 1. The molecule has 1 fully saturated rings. The van der Waals surface area contributed by atoms with E-state index in [2.05, 4.69) is 9.47 Å². The number of nitrogens with zero attached hydrogens (tertiary/aromatic N) is 3. The van der Waals surface area contributed by atoms with Crippen LogP contribution in [0.2, 0.25) is 0 Å². The second-order valence-electron chi connectivity index (χ2n) is 5.50. The number of aliphatic hydroxyl groups excluding tert-OH is 3. The summed E-state index contributed by atoms with van der Waals surface area (Å²) in [6.07, 6.45) is -9.82. The van der Waals surface area contributed by atoms with E-state index in [1.807, 2.05) is 0 Å². The van der Waals surface area contributed by atoms with Crippen molar-refractivity contribution in [2.24, 2.45) is 0 Å². The molecule has 1 saturated heterocycles. The minimum Gasteiger partial charge on any atom is -0.445 e. The van der Waals surface area contributed by atoms with Gasteiger partial charge in [-0.3, -0.25) is 30.3 Å². The number of hydrogen-bond donors (Lipinski definition) is 3. The predicted octanol–water partition coefficient (Wildman–Crippen LogP) is -0.136. The molecule has 0 aromatic heterocycles. The highest BCUT2D eigenvalue weighted by Crippen LogP contribution is 2.44. The Morgan fingerprint density at radius 1 is 1.07 bits per heavy atom. The van der Waals surface area contributed by atoms with Crippen molar-refractivity contribution in [3.8, 4) is 5.75 Å². The maximum atomic E-state index is 14.2. The molecule has 3 N–H and O–H groups in total. The van der Waals surface area contributed by atoms with Crippen molar-refractivity contribution < 1.29 is 48.3 Å². The number of ether oxygens (including phenoxy) is 2. The summed E-state index contributed by atoms with van der Waals surface area (Å²) in [5, 5.41) is 61.1. The summed E-state index contributed by atoms with van der Waals surface area (Å²) in [5.74, 6) is -5.82. The predicted molar refractivity (Wildman–Crippen MR) is 79.7 cm³/mol. The number of rotatable bonds is 6. The number of benzene rings is 1. The zero-order chi connectivity index (χ0) is 21.4. The van der Waals surface area contributed by atoms with Crippen LogP contribution >= 0.6 is 0 Å². The van der Waals surface area contributed by atoms with Crippen LogP contribution in [0.3, 0.4) is 0 Å². The van der Waals surface area contributed by atoms with Crippen LogP contribution < -0.4 is 4.74 Å². The Morgan fingerprint density at radius 3 is 1.96 bits per heavy atom. The van der Waals surface area contributed by atoms with Gasteiger partial charge in [-0.15, -0.1) is 0 Å². The second-order valence-corrected chi connectivity index (χ2v) is 5.50. The van der Waals surface area contributed by atoms with Crippen LogP contribution in [0, 0.1) is 30.3 Å². The fourth-order valence-corrected chi connectivity index (χ4v) is 2.35. The van der Waals surface area contributed by atoms with Crippen LogP contribution in [0.5, 0.6) is 5.75 Å². The Hall–Kier alpha value is -3.08. The largest absolute Gasteiger partial charge is 0.445 e. The molecule has 1 aromatic rings. The van der Waals surface area contributed by atoms with E-state index in [0.29, 0.717) is 0 Å². The summed E-state index contributed by atoms with van der Waals surface area (Å²) in [7, 11) is 0. The van der Waals surface area contributed by atoms with Gasteiger partial charge in [0, 0.05) is 0 Å². The molecular weight excluding hydrogens is 400 g/mol. The lowest BCUT2D eigenvalue weighted by Crippen LogP contribution is -2.64. The summed E-state index contributed by atoms with van der Waals surface area (Å²) >= 11 is 0. The zero-order valence-corrected chi connectivity index (χ0v) is 13.4. The van der Waals surface area contributed by atoms with Crippen LogP contribution in [0.4, 0.5) is 25.8 Å². The van der Waals surface area contributed by atoms with E-state index in [9.17, 15) is 49.3 Å². The first kappa shape index (κ1) is 21.2. The smallest absolute Gasteiger partial charge is 0.336 e. The number of nitro benzene ring substituents is 3. The summed E-state index contributed by atoms with van der Waals surface area (Å²) < 4.78 is 37.5. The van der Waals surface area contributed by atoms with E-state index in [1.165, 1.54) is 0 Å². The molecule has 2 rings (SSSR count). The minimum atomic E-state index is -4.42. The van der Waals surface area contributed by atoms with Crippen LogP contribution in [-0.4, -0.2) is 67.2 Å². The summed E-state index contributed by atoms with van der Waals surface area (Å²) in [4.78, 5) is 29.2. The molecular formula is C12H11F2N3O11. The third-order valence-electron chi connectivity index (χ3n) is 3.75. The molecule has 154 valence electrons. The second kappa shape index (κ2) is 7.50. The fraction of sp³-hybridized carbons (Fsp3) is 0.500. The van der Waals surface area contributed by atoms with E-state index in [1.54, 1.807) is 0 Å². The van der Waals surface area contributed by atoms with Crippen molar-refractivity contribution in [2.75, 3.05) is 6.61 Å². The van der Waals surface area contributed by atoms with Gasteiger partial charge in [0.05, 0.1) is 33.5 Å². The summed E-state index contributed by atoms with van der Waals surface area (Å²) in [6.45, 7) is -1.07. The lowest BCUT2D eigenvalue weighted by atomic mass is 9.98. The standard InChI is InChI=1S/C12H11F2N3O11/c13-12(14)10(20)8(19)7(3-18)27-11(12)28-9-5(16(23)24)1-4(15(21)22)2-6(9)17(25)26/h1-2,7-8,10-11,18-20H,3H2/t7-,8-,10+,11-/m1/s1. The van der Waals surface area contributed by atoms with Gasteiger partial charge in [0.15, 0.2) is 6.10 Å². The van der Waals surface area contributed by atoms with Crippen LogP contribution in [-0.2, 0) is 4.74 Å². The number of alkyl halides is 2. The number of hydrogen-bond acceptors (Lipinski definition) is 11. The highest BCUT2D eigenvalue weighted by Gasteiger charge is 2.60. The third kappa shape index (κ3) is 3.65.